The van der Waals surface area contributed by atoms with Gasteiger partial charge in [0.1, 0.15) is 53.9 Å². The third kappa shape index (κ3) is 19.6. The molecule has 1 aromatic heterocycles. The lowest BCUT2D eigenvalue weighted by atomic mass is 9.93. The van der Waals surface area contributed by atoms with Gasteiger partial charge in [-0.1, -0.05) is 71.4 Å². The van der Waals surface area contributed by atoms with E-state index in [4.69, 9.17) is 9.57 Å². The van der Waals surface area contributed by atoms with Crippen LogP contribution in [0.15, 0.2) is 53.6 Å². The SMILES string of the molecule is CCC(C)C1NC(=O)CNC(=O)C2Cc3c([nH]c4ccccc34)SC[C@H](NC(=O)CNC1=O)C(=O)N[C@@H](CC(=O)NOCc1ccc(NC(=O)[C@H](C)NC(=O)C(NC(=O)OC(C)(C)C)C(C)C)cc1)C(=O)N1CC(O)C[C@H]1C(=O)NC([C@@H](C)C(O)CO)C(=O)N2. The van der Waals surface area contributed by atoms with E-state index in [1.54, 1.807) is 84.9 Å². The van der Waals surface area contributed by atoms with E-state index in [1.165, 1.54) is 26.0 Å². The quantitative estimate of drug-likeness (QED) is 0.0698. The highest BCUT2D eigenvalue weighted by molar-refractivity contribution is 7.99. The largest absolute Gasteiger partial charge is 0.444 e. The number of aromatic amines is 1. The van der Waals surface area contributed by atoms with Crippen molar-refractivity contribution in [2.24, 2.45) is 17.8 Å². The van der Waals surface area contributed by atoms with Gasteiger partial charge in [-0.15, -0.1) is 11.8 Å². The molecule has 3 aromatic rings. The zero-order valence-electron chi connectivity index (χ0n) is 51.6. The van der Waals surface area contributed by atoms with Gasteiger partial charge in [-0.25, -0.2) is 10.3 Å². The first-order chi connectivity index (χ1) is 42.5. The summed E-state index contributed by atoms with van der Waals surface area (Å²) in [5, 5.41) is 58.7. The summed E-state index contributed by atoms with van der Waals surface area (Å²) in [5.74, 6) is -12.3. The summed E-state index contributed by atoms with van der Waals surface area (Å²) in [6.07, 6.45) is -5.08. The number of amides is 12. The third-order valence-electron chi connectivity index (χ3n) is 15.3. The first kappa shape index (κ1) is 70.7. The molecular weight excluding hydrogens is 1190 g/mol. The minimum Gasteiger partial charge on any atom is -0.444 e. The monoisotopic (exact) mass is 1280 g/mol. The molecule has 15 N–H and O–H groups in total. The molecule has 1 fully saturated rings. The van der Waals surface area contributed by atoms with Crippen LogP contribution in [0.5, 0.6) is 0 Å². The van der Waals surface area contributed by atoms with Crippen LogP contribution in [-0.4, -0.2) is 194 Å². The average molecular weight is 1280 g/mol. The smallest absolute Gasteiger partial charge is 0.408 e. The van der Waals surface area contributed by atoms with Crippen molar-refractivity contribution in [3.05, 3.63) is 59.7 Å². The van der Waals surface area contributed by atoms with E-state index in [-0.39, 0.29) is 24.7 Å². The van der Waals surface area contributed by atoms with Crippen molar-refractivity contribution in [1.29, 1.82) is 0 Å². The topological polar surface area (TPSA) is 435 Å². The Balaban J connectivity index is 1.29. The first-order valence-electron chi connectivity index (χ1n) is 29.6. The molecule has 90 heavy (non-hydrogen) atoms. The second-order valence-corrected chi connectivity index (χ2v) is 24.9. The molecule has 12 amide bonds. The minimum atomic E-state index is -1.88. The predicted octanol–water partition coefficient (Wildman–Crippen LogP) is -1.89. The Morgan fingerprint density at radius 2 is 1.43 bits per heavy atom. The molecular formula is C59H83N13O17S. The lowest BCUT2D eigenvalue weighted by Crippen LogP contribution is -2.62. The van der Waals surface area contributed by atoms with E-state index in [0.717, 1.165) is 16.7 Å². The number of anilines is 1. The summed E-state index contributed by atoms with van der Waals surface area (Å²) in [7, 11) is 0. The van der Waals surface area contributed by atoms with Gasteiger partial charge in [0.15, 0.2) is 0 Å². The van der Waals surface area contributed by atoms with Crippen molar-refractivity contribution in [1.82, 2.24) is 63.2 Å². The van der Waals surface area contributed by atoms with Crippen molar-refractivity contribution in [3.8, 4) is 0 Å². The van der Waals surface area contributed by atoms with E-state index in [1.807, 2.05) is 0 Å². The van der Waals surface area contributed by atoms with Crippen molar-refractivity contribution >= 4 is 99.4 Å². The number of H-pyrrole nitrogens is 1. The predicted molar refractivity (Wildman–Crippen MR) is 324 cm³/mol. The summed E-state index contributed by atoms with van der Waals surface area (Å²) in [4.78, 5) is 177. The number of aliphatic hydroxyl groups is 3. The number of carbonyl (C=O) groups excluding carboxylic acids is 12. The molecule has 492 valence electrons. The Labute approximate surface area is 523 Å². The Morgan fingerprint density at radius 1 is 0.767 bits per heavy atom. The number of nitrogens with one attached hydrogen (secondary N) is 12. The molecule has 0 saturated carbocycles. The number of aliphatic hydroxyl groups excluding tert-OH is 3. The van der Waals surface area contributed by atoms with Gasteiger partial charge in [-0.2, -0.15) is 0 Å². The van der Waals surface area contributed by atoms with Crippen LogP contribution in [0.25, 0.3) is 10.9 Å². The number of hydrogen-bond donors (Lipinski definition) is 15. The molecule has 0 spiro atoms. The number of hydroxylamine groups is 1. The zero-order valence-corrected chi connectivity index (χ0v) is 52.4. The number of rotatable bonds is 16. The third-order valence-corrected chi connectivity index (χ3v) is 16.4. The molecule has 0 radical (unpaired) electrons. The molecule has 6 rings (SSSR count). The molecule has 7 unspecified atom stereocenters. The Morgan fingerprint density at radius 3 is 2.09 bits per heavy atom. The number of aromatic nitrogens is 1. The number of para-hydroxylation sites is 1. The second kappa shape index (κ2) is 31.9. The van der Waals surface area contributed by atoms with E-state index in [0.29, 0.717) is 39.2 Å². The van der Waals surface area contributed by atoms with Gasteiger partial charge in [0, 0.05) is 47.6 Å². The van der Waals surface area contributed by atoms with Gasteiger partial charge >= 0.3 is 6.09 Å². The van der Waals surface area contributed by atoms with Crippen molar-refractivity contribution in [2.75, 3.05) is 37.3 Å². The zero-order chi connectivity index (χ0) is 66.3. The second-order valence-electron chi connectivity index (χ2n) is 23.9. The molecule has 3 aliphatic rings. The highest BCUT2D eigenvalue weighted by Crippen LogP contribution is 2.32. The molecule has 0 aliphatic carbocycles. The van der Waals surface area contributed by atoms with Crippen LogP contribution in [-0.2, 0) is 75.3 Å². The molecule has 4 heterocycles. The maximum absolute atomic E-state index is 14.9. The maximum Gasteiger partial charge on any atom is 0.408 e. The van der Waals surface area contributed by atoms with Crippen LogP contribution in [0, 0.1) is 17.8 Å². The summed E-state index contributed by atoms with van der Waals surface area (Å²) in [6, 6.07) is 1.33. The van der Waals surface area contributed by atoms with Gasteiger partial charge in [0.25, 0.3) is 0 Å². The van der Waals surface area contributed by atoms with Crippen LogP contribution >= 0.6 is 11.8 Å². The number of hydrogen-bond acceptors (Lipinski definition) is 18. The summed E-state index contributed by atoms with van der Waals surface area (Å²) in [6.45, 7) is 11.6. The molecule has 1 saturated heterocycles. The van der Waals surface area contributed by atoms with Gasteiger partial charge in [-0.05, 0) is 68.9 Å². The lowest BCUT2D eigenvalue weighted by molar-refractivity contribution is -0.145. The van der Waals surface area contributed by atoms with Gasteiger partial charge in [0.2, 0.25) is 65.0 Å². The normalized spacial score (nSPS) is 23.5. The van der Waals surface area contributed by atoms with E-state index >= 15 is 0 Å². The summed E-state index contributed by atoms with van der Waals surface area (Å²) in [5.41, 5.74) is 3.14. The molecule has 31 heteroatoms. The lowest BCUT2D eigenvalue weighted by Gasteiger charge is -2.33. The molecule has 3 aliphatic heterocycles. The van der Waals surface area contributed by atoms with Gasteiger partial charge in [-0.3, -0.25) is 57.6 Å². The standard InChI is InChI=1S/C59H83N13O17S/c1-10-29(4)47-53(83)61-22-44(77)64-40-27-90-56-36(35-13-11-12-14-37(35)67-56)20-38(50(80)60-23-45(78)68-47)65-55(85)48(30(5)42(75)25-73)69-52(82)41-19-34(74)24-72(41)57(86)39(66-51(40)81)21-43(76)71-88-26-32-15-17-33(18-16-32)63-49(79)31(6)62-54(84)46(28(2)3)70-58(87)89-59(7,8)9/h11-18,28-31,34,38-42,46-48,67,73-75H,10,19-27H2,1-9H3,(H,60,80)(H,61,83)(H,62,84)(H,63,79)(H,64,77)(H,65,85)(H,66,81)(H,68,78)(H,69,82)(H,70,87)(H,71,76)/t29?,30-,31-,34?,38?,39-,40-,41-,42?,46?,47?,48?/m0/s1. The van der Waals surface area contributed by atoms with Crippen molar-refractivity contribution in [2.45, 2.75) is 166 Å². The van der Waals surface area contributed by atoms with Crippen LogP contribution in [0.3, 0.4) is 0 Å². The number of fused-ring (bicyclic) bond motifs is 5. The number of nitrogens with zero attached hydrogens (tertiary/aromatic N) is 1. The fourth-order valence-corrected chi connectivity index (χ4v) is 11.1. The van der Waals surface area contributed by atoms with Crippen molar-refractivity contribution < 1.29 is 82.4 Å². The summed E-state index contributed by atoms with van der Waals surface area (Å²) < 4.78 is 5.28. The number of benzene rings is 2. The minimum absolute atomic E-state index is 0.287. The molecule has 2 bridgehead atoms. The highest BCUT2D eigenvalue weighted by Gasteiger charge is 2.45. The first-order valence-corrected chi connectivity index (χ1v) is 30.6. The van der Waals surface area contributed by atoms with Crippen LogP contribution in [0.1, 0.15) is 92.7 Å². The number of thioether (sulfide) groups is 1. The fourth-order valence-electron chi connectivity index (χ4n) is 10.0. The fraction of sp³-hybridized carbons (Fsp3) is 0.559. The van der Waals surface area contributed by atoms with Crippen LogP contribution < -0.4 is 58.6 Å². The molecule has 30 nitrogen and oxygen atoms in total. The Bertz CT molecular complexity index is 3140. The van der Waals surface area contributed by atoms with Gasteiger partial charge in [0.05, 0.1) is 50.0 Å². The van der Waals surface area contributed by atoms with Crippen LogP contribution in [0.4, 0.5) is 10.5 Å². The van der Waals surface area contributed by atoms with Gasteiger partial charge < -0.3 is 83.1 Å². The van der Waals surface area contributed by atoms with Crippen molar-refractivity contribution in [3.63, 3.8) is 0 Å². The maximum atomic E-state index is 14.9. The molecule has 12 atom stereocenters. The average Bonchev–Trinajstić information content (AvgIpc) is 1.68. The number of carbonyl (C=O) groups is 12. The highest BCUT2D eigenvalue weighted by atomic mass is 32.2. The number of ether oxygens (including phenoxy) is 1. The summed E-state index contributed by atoms with van der Waals surface area (Å²) >= 11 is 0.987. The van der Waals surface area contributed by atoms with E-state index < -0.39 is 188 Å². The Hall–Kier alpha value is -8.39. The Kier molecular flexibility index (Phi) is 25.0. The van der Waals surface area contributed by atoms with Crippen LogP contribution in [0.2, 0.25) is 0 Å². The van der Waals surface area contributed by atoms with E-state index in [2.05, 4.69) is 63.6 Å². The number of alkyl carbamates (subject to hydrolysis) is 1. The molecule has 2 aromatic carbocycles. The van der Waals surface area contributed by atoms with E-state index in [9.17, 15) is 72.9 Å².